The zero-order valence-corrected chi connectivity index (χ0v) is 9.36. The fourth-order valence-corrected chi connectivity index (χ4v) is 1.55. The fourth-order valence-electron chi connectivity index (χ4n) is 1.55. The molecule has 15 heavy (non-hydrogen) atoms. The first-order chi connectivity index (χ1) is 7.27. The number of nitrogens with zero attached hydrogens (tertiary/aromatic N) is 1. The highest BCUT2D eigenvalue weighted by Crippen LogP contribution is 2.17. The number of hydrogen-bond donors (Lipinski definition) is 2. The molecule has 4 nitrogen and oxygen atoms in total. The Morgan fingerprint density at radius 3 is 2.93 bits per heavy atom. The molecule has 0 saturated heterocycles. The molecular weight excluding hydrogens is 190 g/mol. The van der Waals surface area contributed by atoms with E-state index in [0.717, 1.165) is 30.6 Å². The molecule has 3 N–H and O–H groups in total. The maximum Gasteiger partial charge on any atom is 0.0476 e. The van der Waals surface area contributed by atoms with E-state index in [2.05, 4.69) is 16.5 Å². The lowest BCUT2D eigenvalue weighted by Crippen LogP contribution is -2.28. The second kappa shape index (κ2) is 6.50. The monoisotopic (exact) mass is 209 g/mol. The highest BCUT2D eigenvalue weighted by molar-refractivity contribution is 5.19. The molecule has 4 heteroatoms. The van der Waals surface area contributed by atoms with Crippen LogP contribution in [0.1, 0.15) is 30.0 Å². The number of methoxy groups -OCH3 is 1. The van der Waals surface area contributed by atoms with Crippen molar-refractivity contribution in [2.45, 2.75) is 25.8 Å². The van der Waals surface area contributed by atoms with E-state index in [9.17, 15) is 0 Å². The molecule has 0 spiro atoms. The van der Waals surface area contributed by atoms with E-state index in [1.807, 2.05) is 19.3 Å². The van der Waals surface area contributed by atoms with Crippen LogP contribution in [-0.2, 0) is 4.74 Å². The van der Waals surface area contributed by atoms with Gasteiger partial charge >= 0.3 is 0 Å². The Bertz CT molecular complexity index is 291. The van der Waals surface area contributed by atoms with E-state index >= 15 is 0 Å². The van der Waals surface area contributed by atoms with Gasteiger partial charge in [-0.1, -0.05) is 6.07 Å². The largest absolute Gasteiger partial charge is 0.385 e. The highest BCUT2D eigenvalue weighted by Gasteiger charge is 2.09. The van der Waals surface area contributed by atoms with Gasteiger partial charge in [0.25, 0.3) is 0 Å². The van der Waals surface area contributed by atoms with Crippen molar-refractivity contribution in [1.82, 2.24) is 10.4 Å². The highest BCUT2D eigenvalue weighted by atomic mass is 16.5. The average molecular weight is 209 g/mol. The quantitative estimate of drug-likeness (QED) is 0.421. The van der Waals surface area contributed by atoms with Crippen LogP contribution in [0.25, 0.3) is 0 Å². The first-order valence-corrected chi connectivity index (χ1v) is 5.14. The lowest BCUT2D eigenvalue weighted by molar-refractivity contribution is 0.189. The first kappa shape index (κ1) is 12.1. The normalized spacial score (nSPS) is 12.7. The van der Waals surface area contributed by atoms with Crippen molar-refractivity contribution < 1.29 is 4.74 Å². The van der Waals surface area contributed by atoms with Gasteiger partial charge in [-0.3, -0.25) is 16.3 Å². The van der Waals surface area contributed by atoms with Gasteiger partial charge in [0.1, 0.15) is 0 Å². The molecule has 0 aliphatic carbocycles. The molecule has 0 aromatic carbocycles. The summed E-state index contributed by atoms with van der Waals surface area (Å²) >= 11 is 0. The lowest BCUT2D eigenvalue weighted by Gasteiger charge is -2.15. The Balaban J connectivity index is 2.57. The molecule has 1 rings (SSSR count). The van der Waals surface area contributed by atoms with E-state index in [4.69, 9.17) is 10.6 Å². The molecule has 1 atom stereocenters. The summed E-state index contributed by atoms with van der Waals surface area (Å²) in [5.74, 6) is 5.52. The summed E-state index contributed by atoms with van der Waals surface area (Å²) in [6.07, 6.45) is 5.63. The van der Waals surface area contributed by atoms with Crippen LogP contribution in [0.5, 0.6) is 0 Å². The molecule has 0 bridgehead atoms. The number of ether oxygens (including phenoxy) is 1. The van der Waals surface area contributed by atoms with Crippen LogP contribution >= 0.6 is 0 Å². The molecule has 84 valence electrons. The summed E-state index contributed by atoms with van der Waals surface area (Å²) in [6, 6.07) is 2.26. The van der Waals surface area contributed by atoms with Crippen LogP contribution in [0, 0.1) is 6.92 Å². The third kappa shape index (κ3) is 3.95. The minimum atomic E-state index is 0.160. The standard InChI is InChI=1S/C11H19N3O/c1-9-6-10(8-13-7-9)11(14-12)4-3-5-15-2/h6-8,11,14H,3-5,12H2,1-2H3. The van der Waals surface area contributed by atoms with Gasteiger partial charge in [-0.15, -0.1) is 0 Å². The molecule has 0 amide bonds. The molecule has 0 radical (unpaired) electrons. The number of pyridine rings is 1. The summed E-state index contributed by atoms with van der Waals surface area (Å²) in [4.78, 5) is 4.15. The molecule has 1 aromatic rings. The van der Waals surface area contributed by atoms with E-state index in [0.29, 0.717) is 0 Å². The molecule has 0 fully saturated rings. The topological polar surface area (TPSA) is 60.2 Å². The van der Waals surface area contributed by atoms with Crippen LogP contribution in [-0.4, -0.2) is 18.7 Å². The maximum absolute atomic E-state index is 5.52. The van der Waals surface area contributed by atoms with Crippen LogP contribution in [0.15, 0.2) is 18.5 Å². The number of hydrogen-bond acceptors (Lipinski definition) is 4. The third-order valence-corrected chi connectivity index (χ3v) is 2.34. The molecule has 1 unspecified atom stereocenters. The Morgan fingerprint density at radius 2 is 2.33 bits per heavy atom. The van der Waals surface area contributed by atoms with Crippen molar-refractivity contribution in [2.75, 3.05) is 13.7 Å². The number of aryl methyl sites for hydroxylation is 1. The van der Waals surface area contributed by atoms with Crippen molar-refractivity contribution in [1.29, 1.82) is 0 Å². The maximum atomic E-state index is 5.52. The van der Waals surface area contributed by atoms with Gasteiger partial charge in [-0.05, 0) is 30.9 Å². The minimum Gasteiger partial charge on any atom is -0.385 e. The van der Waals surface area contributed by atoms with E-state index in [1.165, 1.54) is 0 Å². The number of rotatable bonds is 6. The van der Waals surface area contributed by atoms with E-state index in [-0.39, 0.29) is 6.04 Å². The van der Waals surface area contributed by atoms with Crippen molar-refractivity contribution in [3.63, 3.8) is 0 Å². The number of hydrazine groups is 1. The summed E-state index contributed by atoms with van der Waals surface area (Å²) < 4.78 is 5.01. The van der Waals surface area contributed by atoms with Crippen LogP contribution < -0.4 is 11.3 Å². The molecular formula is C11H19N3O. The minimum absolute atomic E-state index is 0.160. The van der Waals surface area contributed by atoms with E-state index < -0.39 is 0 Å². The third-order valence-electron chi connectivity index (χ3n) is 2.34. The molecule has 1 heterocycles. The van der Waals surface area contributed by atoms with E-state index in [1.54, 1.807) is 7.11 Å². The Hall–Kier alpha value is -0.970. The Kier molecular flexibility index (Phi) is 5.25. The van der Waals surface area contributed by atoms with Gasteiger partial charge in [0.15, 0.2) is 0 Å². The summed E-state index contributed by atoms with van der Waals surface area (Å²) in [5.41, 5.74) is 5.09. The molecule has 0 aliphatic heterocycles. The van der Waals surface area contributed by atoms with Crippen LogP contribution in [0.2, 0.25) is 0 Å². The Morgan fingerprint density at radius 1 is 1.53 bits per heavy atom. The second-order valence-corrected chi connectivity index (χ2v) is 3.65. The van der Waals surface area contributed by atoms with Crippen molar-refractivity contribution in [3.8, 4) is 0 Å². The van der Waals surface area contributed by atoms with Crippen molar-refractivity contribution in [3.05, 3.63) is 29.6 Å². The summed E-state index contributed by atoms with van der Waals surface area (Å²) in [6.45, 7) is 2.79. The predicted octanol–water partition coefficient (Wildman–Crippen LogP) is 1.32. The van der Waals surface area contributed by atoms with Gasteiger partial charge in [0.2, 0.25) is 0 Å². The average Bonchev–Trinajstić information content (AvgIpc) is 2.24. The second-order valence-electron chi connectivity index (χ2n) is 3.65. The SMILES string of the molecule is COCCCC(NN)c1cncc(C)c1. The van der Waals surface area contributed by atoms with Crippen molar-refractivity contribution in [2.24, 2.45) is 5.84 Å². The van der Waals surface area contributed by atoms with Gasteiger partial charge in [0.05, 0.1) is 0 Å². The first-order valence-electron chi connectivity index (χ1n) is 5.14. The van der Waals surface area contributed by atoms with Gasteiger partial charge in [0, 0.05) is 32.2 Å². The summed E-state index contributed by atoms with van der Waals surface area (Å²) in [7, 11) is 1.71. The number of aromatic nitrogens is 1. The predicted molar refractivity (Wildman–Crippen MR) is 60.1 cm³/mol. The van der Waals surface area contributed by atoms with Gasteiger partial charge in [-0.25, -0.2) is 0 Å². The van der Waals surface area contributed by atoms with Crippen LogP contribution in [0.4, 0.5) is 0 Å². The zero-order valence-electron chi connectivity index (χ0n) is 9.36. The number of nitrogens with two attached hydrogens (primary N) is 1. The Labute approximate surface area is 90.8 Å². The van der Waals surface area contributed by atoms with Gasteiger partial charge < -0.3 is 4.74 Å². The molecule has 0 saturated carbocycles. The van der Waals surface area contributed by atoms with Crippen molar-refractivity contribution >= 4 is 0 Å². The summed E-state index contributed by atoms with van der Waals surface area (Å²) in [5, 5.41) is 0. The molecule has 1 aromatic heterocycles. The lowest BCUT2D eigenvalue weighted by atomic mass is 10.0. The fraction of sp³-hybridized carbons (Fsp3) is 0.545. The number of nitrogens with one attached hydrogen (secondary N) is 1. The molecule has 0 aliphatic rings. The zero-order chi connectivity index (χ0) is 11.1. The van der Waals surface area contributed by atoms with Crippen LogP contribution in [0.3, 0.4) is 0 Å². The van der Waals surface area contributed by atoms with Gasteiger partial charge in [-0.2, -0.15) is 0 Å². The smallest absolute Gasteiger partial charge is 0.0476 e.